The average molecular weight is 226 g/mol. The summed E-state index contributed by atoms with van der Waals surface area (Å²) in [4.78, 5) is 3.35. The van der Waals surface area contributed by atoms with Gasteiger partial charge in [-0.2, -0.15) is 0 Å². The van der Waals surface area contributed by atoms with Crippen LogP contribution in [0.3, 0.4) is 0 Å². The maximum Gasteiger partial charge on any atom is 0.0733 e. The van der Waals surface area contributed by atoms with E-state index in [-0.39, 0.29) is 0 Å². The number of hydrogen-bond donors (Lipinski definition) is 1. The van der Waals surface area contributed by atoms with Crippen molar-refractivity contribution in [1.29, 1.82) is 0 Å². The topological polar surface area (TPSA) is 29.3 Å². The van der Waals surface area contributed by atoms with E-state index >= 15 is 0 Å². The lowest BCUT2D eigenvalue weighted by molar-refractivity contribution is 0.230. The van der Waals surface area contributed by atoms with Crippen LogP contribution in [-0.2, 0) is 0 Å². The number of hydrogen-bond acceptors (Lipinski definition) is 2. The third kappa shape index (κ3) is 3.42. The van der Waals surface area contributed by atoms with E-state index in [1.165, 1.54) is 58.2 Å². The molecule has 0 bridgehead atoms. The van der Waals surface area contributed by atoms with Crippen molar-refractivity contribution in [3.8, 4) is 0 Å². The molecule has 15 heavy (non-hydrogen) atoms. The second-order valence-corrected chi connectivity index (χ2v) is 5.86. The third-order valence-electron chi connectivity index (χ3n) is 3.76. The monoisotopic (exact) mass is 226 g/mol. The van der Waals surface area contributed by atoms with Crippen molar-refractivity contribution >= 4 is 17.2 Å². The van der Waals surface area contributed by atoms with Gasteiger partial charge in [-0.25, -0.2) is 0 Å². The second kappa shape index (κ2) is 4.79. The molecule has 1 heterocycles. The lowest BCUT2D eigenvalue weighted by Gasteiger charge is -2.25. The fourth-order valence-electron chi connectivity index (χ4n) is 2.71. The van der Waals surface area contributed by atoms with Crippen molar-refractivity contribution in [2.45, 2.75) is 44.9 Å². The molecule has 2 rings (SSSR count). The predicted molar refractivity (Wildman–Crippen MR) is 68.0 cm³/mol. The Morgan fingerprint density at radius 3 is 2.20 bits per heavy atom. The van der Waals surface area contributed by atoms with E-state index in [1.54, 1.807) is 0 Å². The molecule has 2 fully saturated rings. The molecule has 0 radical (unpaired) electrons. The molecule has 1 saturated carbocycles. The quantitative estimate of drug-likeness (QED) is 0.746. The molecule has 0 spiro atoms. The fourth-order valence-corrected chi connectivity index (χ4v) is 3.01. The molecule has 2 aliphatic rings. The summed E-state index contributed by atoms with van der Waals surface area (Å²) in [6.45, 7) is 3.82. The molecule has 86 valence electrons. The highest BCUT2D eigenvalue weighted by atomic mass is 32.1. The normalized spacial score (nSPS) is 25.9. The molecule has 2 N–H and O–H groups in total. The van der Waals surface area contributed by atoms with Crippen molar-refractivity contribution in [3.05, 3.63) is 0 Å². The maximum atomic E-state index is 5.67. The highest BCUT2D eigenvalue weighted by Crippen LogP contribution is 2.49. The van der Waals surface area contributed by atoms with Crippen LogP contribution in [0.25, 0.3) is 0 Å². The largest absolute Gasteiger partial charge is 0.393 e. The molecule has 0 unspecified atom stereocenters. The van der Waals surface area contributed by atoms with E-state index in [0.29, 0.717) is 10.4 Å². The smallest absolute Gasteiger partial charge is 0.0733 e. The van der Waals surface area contributed by atoms with Crippen molar-refractivity contribution in [1.82, 2.24) is 4.90 Å². The first-order chi connectivity index (χ1) is 7.20. The highest BCUT2D eigenvalue weighted by molar-refractivity contribution is 7.80. The van der Waals surface area contributed by atoms with Gasteiger partial charge in [-0.1, -0.05) is 25.1 Å². The Kier molecular flexibility index (Phi) is 3.62. The molecule has 1 aliphatic carbocycles. The molecule has 1 aliphatic heterocycles. The number of nitrogens with zero attached hydrogens (tertiary/aromatic N) is 1. The van der Waals surface area contributed by atoms with Gasteiger partial charge in [-0.3, -0.25) is 0 Å². The van der Waals surface area contributed by atoms with Crippen LogP contribution < -0.4 is 5.73 Å². The van der Waals surface area contributed by atoms with Gasteiger partial charge in [0.25, 0.3) is 0 Å². The molecular weight excluding hydrogens is 204 g/mol. The summed E-state index contributed by atoms with van der Waals surface area (Å²) in [5.74, 6) is 0. The van der Waals surface area contributed by atoms with Crippen LogP contribution >= 0.6 is 12.2 Å². The van der Waals surface area contributed by atoms with Crippen LogP contribution in [0.5, 0.6) is 0 Å². The van der Waals surface area contributed by atoms with Crippen LogP contribution in [0, 0.1) is 5.41 Å². The first-order valence-electron chi connectivity index (χ1n) is 6.21. The SMILES string of the molecule is NC(=S)CC1(CN2CCCCCC2)CC1. The van der Waals surface area contributed by atoms with Gasteiger partial charge in [0, 0.05) is 13.0 Å². The summed E-state index contributed by atoms with van der Waals surface area (Å²) < 4.78 is 0. The minimum atomic E-state index is 0.482. The van der Waals surface area contributed by atoms with Crippen LogP contribution in [0.15, 0.2) is 0 Å². The predicted octanol–water partition coefficient (Wildman–Crippen LogP) is 2.32. The Hall–Kier alpha value is -0.150. The summed E-state index contributed by atoms with van der Waals surface area (Å²) in [5.41, 5.74) is 6.15. The van der Waals surface area contributed by atoms with Crippen LogP contribution in [-0.4, -0.2) is 29.5 Å². The van der Waals surface area contributed by atoms with Gasteiger partial charge >= 0.3 is 0 Å². The number of thiocarbonyl (C=S) groups is 1. The minimum absolute atomic E-state index is 0.482. The highest BCUT2D eigenvalue weighted by Gasteiger charge is 2.43. The Balaban J connectivity index is 1.81. The van der Waals surface area contributed by atoms with E-state index in [9.17, 15) is 0 Å². The zero-order valence-corrected chi connectivity index (χ0v) is 10.3. The lowest BCUT2D eigenvalue weighted by atomic mass is 10.0. The first-order valence-corrected chi connectivity index (χ1v) is 6.62. The Bertz CT molecular complexity index is 228. The molecule has 3 heteroatoms. The summed E-state index contributed by atoms with van der Waals surface area (Å²) in [6, 6.07) is 0. The van der Waals surface area contributed by atoms with E-state index in [2.05, 4.69) is 4.90 Å². The Labute approximate surface area is 98.2 Å². The molecule has 0 amide bonds. The van der Waals surface area contributed by atoms with Crippen molar-refractivity contribution in [3.63, 3.8) is 0 Å². The summed E-state index contributed by atoms with van der Waals surface area (Å²) in [5, 5.41) is 0. The van der Waals surface area contributed by atoms with E-state index in [1.807, 2.05) is 0 Å². The zero-order valence-electron chi connectivity index (χ0n) is 9.50. The Morgan fingerprint density at radius 2 is 1.73 bits per heavy atom. The van der Waals surface area contributed by atoms with Crippen LogP contribution in [0.1, 0.15) is 44.9 Å². The molecule has 1 saturated heterocycles. The van der Waals surface area contributed by atoms with Gasteiger partial charge in [-0.15, -0.1) is 0 Å². The Morgan fingerprint density at radius 1 is 1.13 bits per heavy atom. The number of rotatable bonds is 4. The summed E-state index contributed by atoms with van der Waals surface area (Å²) >= 11 is 5.04. The van der Waals surface area contributed by atoms with Gasteiger partial charge in [0.2, 0.25) is 0 Å². The second-order valence-electron chi connectivity index (χ2n) is 5.33. The molecule has 0 aromatic rings. The van der Waals surface area contributed by atoms with Crippen molar-refractivity contribution in [2.75, 3.05) is 19.6 Å². The van der Waals surface area contributed by atoms with Crippen LogP contribution in [0.2, 0.25) is 0 Å². The number of nitrogens with two attached hydrogens (primary N) is 1. The molecule has 2 nitrogen and oxygen atoms in total. The van der Waals surface area contributed by atoms with E-state index in [4.69, 9.17) is 18.0 Å². The standard InChI is InChI=1S/C12H22N2S/c13-11(15)9-12(5-6-12)10-14-7-3-1-2-4-8-14/h1-10H2,(H2,13,15). The lowest BCUT2D eigenvalue weighted by Crippen LogP contribution is -2.33. The summed E-state index contributed by atoms with van der Waals surface area (Å²) in [6.07, 6.45) is 9.23. The van der Waals surface area contributed by atoms with Crippen molar-refractivity contribution in [2.24, 2.45) is 11.1 Å². The molecule has 0 atom stereocenters. The van der Waals surface area contributed by atoms with Gasteiger partial charge in [0.05, 0.1) is 4.99 Å². The maximum absolute atomic E-state index is 5.67. The van der Waals surface area contributed by atoms with E-state index < -0.39 is 0 Å². The minimum Gasteiger partial charge on any atom is -0.393 e. The van der Waals surface area contributed by atoms with Gasteiger partial charge in [0.1, 0.15) is 0 Å². The van der Waals surface area contributed by atoms with E-state index in [0.717, 1.165) is 6.42 Å². The molecule has 0 aromatic heterocycles. The van der Waals surface area contributed by atoms with Gasteiger partial charge < -0.3 is 10.6 Å². The zero-order chi connectivity index (χ0) is 10.7. The average Bonchev–Trinajstić information content (AvgIpc) is 2.91. The molecular formula is C12H22N2S. The third-order valence-corrected chi connectivity index (χ3v) is 3.91. The van der Waals surface area contributed by atoms with Gasteiger partial charge in [0.15, 0.2) is 0 Å². The molecule has 0 aromatic carbocycles. The number of likely N-dealkylation sites (tertiary alicyclic amines) is 1. The first kappa shape index (κ1) is 11.3. The van der Waals surface area contributed by atoms with Gasteiger partial charge in [-0.05, 0) is 44.2 Å². The summed E-state index contributed by atoms with van der Waals surface area (Å²) in [7, 11) is 0. The van der Waals surface area contributed by atoms with Crippen LogP contribution in [0.4, 0.5) is 0 Å². The van der Waals surface area contributed by atoms with Crippen molar-refractivity contribution < 1.29 is 0 Å². The fraction of sp³-hybridized carbons (Fsp3) is 0.917.